The number of benzene rings is 1. The van der Waals surface area contributed by atoms with Gasteiger partial charge < -0.3 is 15.6 Å². The van der Waals surface area contributed by atoms with Crippen LogP contribution in [0.5, 0.6) is 0 Å². The molecule has 0 radical (unpaired) electrons. The molecule has 4 rings (SSSR count). The summed E-state index contributed by atoms with van der Waals surface area (Å²) in [6.07, 6.45) is 0. The van der Waals surface area contributed by atoms with E-state index in [-0.39, 0.29) is 5.82 Å². The average Bonchev–Trinajstić information content (AvgIpc) is 3.11. The van der Waals surface area contributed by atoms with Crippen LogP contribution in [0.15, 0.2) is 36.4 Å². The van der Waals surface area contributed by atoms with Crippen LogP contribution in [0.1, 0.15) is 17.1 Å². The molecular weight excluding hydrogens is 335 g/mol. The van der Waals surface area contributed by atoms with Gasteiger partial charge in [0.15, 0.2) is 5.65 Å². The maximum Gasteiger partial charge on any atom is 0.316 e. The standard InChI is InChI=1S/C18H17FN6O/c1-10-7-16-15(24(10)9-12-5-3-4-6-13(12)19)8-14(21-18(20)26)17-23-22-11(2)25(16)17/h3-8H,9H2,1-2H3,(H3,20,21,26). The van der Waals surface area contributed by atoms with Gasteiger partial charge in [0.05, 0.1) is 23.3 Å². The summed E-state index contributed by atoms with van der Waals surface area (Å²) in [6.45, 7) is 4.15. The lowest BCUT2D eigenvalue weighted by molar-refractivity contribution is 0.259. The fourth-order valence-electron chi connectivity index (χ4n) is 3.27. The largest absolute Gasteiger partial charge is 0.351 e. The van der Waals surface area contributed by atoms with Gasteiger partial charge in [0.25, 0.3) is 0 Å². The van der Waals surface area contributed by atoms with Crippen LogP contribution < -0.4 is 11.1 Å². The monoisotopic (exact) mass is 352 g/mol. The van der Waals surface area contributed by atoms with Gasteiger partial charge in [-0.1, -0.05) is 18.2 Å². The Kier molecular flexibility index (Phi) is 3.61. The lowest BCUT2D eigenvalue weighted by Crippen LogP contribution is -2.20. The third kappa shape index (κ3) is 2.46. The SMILES string of the molecule is Cc1cc2c(cc(NC(N)=O)c3nnc(C)n32)n1Cc1ccccc1F. The molecule has 7 nitrogen and oxygen atoms in total. The maximum atomic E-state index is 14.1. The summed E-state index contributed by atoms with van der Waals surface area (Å²) in [5, 5.41) is 10.8. The van der Waals surface area contributed by atoms with Gasteiger partial charge in [0, 0.05) is 11.3 Å². The normalized spacial score (nSPS) is 11.3. The molecule has 0 saturated heterocycles. The number of nitrogens with two attached hydrogens (primary N) is 1. The molecule has 26 heavy (non-hydrogen) atoms. The number of halogens is 1. The first-order valence-electron chi connectivity index (χ1n) is 8.10. The predicted octanol–water partition coefficient (Wildman–Crippen LogP) is 2.98. The number of primary amides is 1. The van der Waals surface area contributed by atoms with Gasteiger partial charge in [0.2, 0.25) is 0 Å². The molecule has 0 aliphatic rings. The Bertz CT molecular complexity index is 1160. The Balaban J connectivity index is 1.98. The number of aromatic nitrogens is 4. The fraction of sp³-hybridized carbons (Fsp3) is 0.167. The Hall–Kier alpha value is -3.42. The predicted molar refractivity (Wildman–Crippen MR) is 96.7 cm³/mol. The topological polar surface area (TPSA) is 90.2 Å². The van der Waals surface area contributed by atoms with Crippen LogP contribution in [-0.4, -0.2) is 25.2 Å². The Morgan fingerprint density at radius 3 is 2.69 bits per heavy atom. The highest BCUT2D eigenvalue weighted by atomic mass is 19.1. The van der Waals surface area contributed by atoms with Crippen molar-refractivity contribution in [1.29, 1.82) is 0 Å². The molecule has 3 N–H and O–H groups in total. The van der Waals surface area contributed by atoms with Crippen molar-refractivity contribution >= 4 is 28.4 Å². The zero-order valence-electron chi connectivity index (χ0n) is 14.3. The molecule has 0 atom stereocenters. The molecule has 0 aliphatic heterocycles. The lowest BCUT2D eigenvalue weighted by atomic mass is 10.2. The second-order valence-electron chi connectivity index (χ2n) is 6.19. The van der Waals surface area contributed by atoms with Gasteiger partial charge in [0.1, 0.15) is 11.6 Å². The van der Waals surface area contributed by atoms with Crippen LogP contribution in [-0.2, 0) is 6.54 Å². The van der Waals surface area contributed by atoms with Gasteiger partial charge in [-0.25, -0.2) is 9.18 Å². The Morgan fingerprint density at radius 1 is 1.19 bits per heavy atom. The van der Waals surface area contributed by atoms with E-state index in [0.29, 0.717) is 29.3 Å². The zero-order valence-corrected chi connectivity index (χ0v) is 14.3. The van der Waals surface area contributed by atoms with Gasteiger partial charge in [-0.15, -0.1) is 10.2 Å². The number of rotatable bonds is 3. The van der Waals surface area contributed by atoms with E-state index in [1.54, 1.807) is 18.2 Å². The zero-order chi connectivity index (χ0) is 18.4. The highest BCUT2D eigenvalue weighted by molar-refractivity contribution is 5.96. The molecule has 3 heterocycles. The number of hydrogen-bond acceptors (Lipinski definition) is 3. The van der Waals surface area contributed by atoms with E-state index in [2.05, 4.69) is 15.5 Å². The van der Waals surface area contributed by atoms with Crippen molar-refractivity contribution in [1.82, 2.24) is 19.2 Å². The summed E-state index contributed by atoms with van der Waals surface area (Å²) < 4.78 is 18.0. The number of carbonyl (C=O) groups is 1. The molecule has 0 fully saturated rings. The molecule has 0 bridgehead atoms. The van der Waals surface area contributed by atoms with E-state index in [1.165, 1.54) is 6.07 Å². The fourth-order valence-corrected chi connectivity index (χ4v) is 3.27. The number of anilines is 1. The second-order valence-corrected chi connectivity index (χ2v) is 6.19. The van der Waals surface area contributed by atoms with Crippen molar-refractivity contribution in [2.24, 2.45) is 5.73 Å². The van der Waals surface area contributed by atoms with Crippen LogP contribution in [0.2, 0.25) is 0 Å². The summed E-state index contributed by atoms with van der Waals surface area (Å²) in [5.74, 6) is 0.423. The molecule has 3 aromatic heterocycles. The summed E-state index contributed by atoms with van der Waals surface area (Å²) in [6, 6.07) is 9.77. The van der Waals surface area contributed by atoms with Crippen LogP contribution in [0, 0.1) is 19.7 Å². The molecule has 132 valence electrons. The third-order valence-electron chi connectivity index (χ3n) is 4.46. The van der Waals surface area contributed by atoms with Crippen molar-refractivity contribution < 1.29 is 9.18 Å². The minimum absolute atomic E-state index is 0.259. The number of aryl methyl sites for hydroxylation is 2. The molecule has 2 amide bonds. The highest BCUT2D eigenvalue weighted by Gasteiger charge is 2.17. The van der Waals surface area contributed by atoms with Gasteiger partial charge >= 0.3 is 6.03 Å². The van der Waals surface area contributed by atoms with Gasteiger partial charge in [-0.2, -0.15) is 0 Å². The van der Waals surface area contributed by atoms with Gasteiger partial charge in [-0.05, 0) is 32.0 Å². The van der Waals surface area contributed by atoms with E-state index < -0.39 is 6.03 Å². The summed E-state index contributed by atoms with van der Waals surface area (Å²) in [4.78, 5) is 11.4. The van der Waals surface area contributed by atoms with E-state index in [0.717, 1.165) is 16.7 Å². The highest BCUT2D eigenvalue weighted by Crippen LogP contribution is 2.28. The van der Waals surface area contributed by atoms with Gasteiger partial charge in [-0.3, -0.25) is 4.40 Å². The molecule has 0 saturated carbocycles. The van der Waals surface area contributed by atoms with E-state index in [4.69, 9.17) is 5.73 Å². The number of nitrogens with one attached hydrogen (secondary N) is 1. The van der Waals surface area contributed by atoms with Crippen molar-refractivity contribution in [3.05, 3.63) is 59.3 Å². The molecule has 8 heteroatoms. The van der Waals surface area contributed by atoms with Crippen LogP contribution >= 0.6 is 0 Å². The molecule has 0 unspecified atom stereocenters. The number of pyridine rings is 1. The Labute approximate surface area is 148 Å². The van der Waals surface area contributed by atoms with E-state index >= 15 is 0 Å². The summed E-state index contributed by atoms with van der Waals surface area (Å²) in [7, 11) is 0. The van der Waals surface area contributed by atoms with Crippen LogP contribution in [0.4, 0.5) is 14.9 Å². The van der Waals surface area contributed by atoms with Crippen LogP contribution in [0.3, 0.4) is 0 Å². The average molecular weight is 352 g/mol. The van der Waals surface area contributed by atoms with E-state index in [9.17, 15) is 9.18 Å². The number of fused-ring (bicyclic) bond motifs is 3. The molecule has 4 aromatic rings. The minimum Gasteiger partial charge on any atom is -0.351 e. The Morgan fingerprint density at radius 2 is 1.96 bits per heavy atom. The van der Waals surface area contributed by atoms with Crippen molar-refractivity contribution in [3.63, 3.8) is 0 Å². The van der Waals surface area contributed by atoms with E-state index in [1.807, 2.05) is 34.9 Å². The molecule has 0 spiro atoms. The number of hydrogen-bond donors (Lipinski definition) is 2. The number of amides is 2. The third-order valence-corrected chi connectivity index (χ3v) is 4.46. The smallest absolute Gasteiger partial charge is 0.316 e. The maximum absolute atomic E-state index is 14.1. The summed E-state index contributed by atoms with van der Waals surface area (Å²) in [5.41, 5.74) is 9.50. The first kappa shape index (κ1) is 16.1. The van der Waals surface area contributed by atoms with Crippen molar-refractivity contribution in [2.45, 2.75) is 20.4 Å². The quantitative estimate of drug-likeness (QED) is 0.594. The minimum atomic E-state index is -0.684. The van der Waals surface area contributed by atoms with Crippen molar-refractivity contribution in [3.8, 4) is 0 Å². The molecule has 0 aliphatic carbocycles. The first-order chi connectivity index (χ1) is 12.5. The summed E-state index contributed by atoms with van der Waals surface area (Å²) >= 11 is 0. The number of urea groups is 1. The van der Waals surface area contributed by atoms with Crippen LogP contribution in [0.25, 0.3) is 16.7 Å². The number of nitrogens with zero attached hydrogens (tertiary/aromatic N) is 4. The molecule has 1 aromatic carbocycles. The first-order valence-corrected chi connectivity index (χ1v) is 8.10. The number of carbonyl (C=O) groups excluding carboxylic acids is 1. The second kappa shape index (κ2) is 5.83. The molecular formula is C18H17FN6O. The lowest BCUT2D eigenvalue weighted by Gasteiger charge is -2.11. The van der Waals surface area contributed by atoms with Crippen molar-refractivity contribution in [2.75, 3.05) is 5.32 Å².